The molecule has 0 bridgehead atoms. The lowest BCUT2D eigenvalue weighted by Gasteiger charge is -2.22. The first-order valence-corrected chi connectivity index (χ1v) is 9.63. The van der Waals surface area contributed by atoms with Crippen molar-refractivity contribution in [3.05, 3.63) is 68.6 Å². The van der Waals surface area contributed by atoms with Crippen molar-refractivity contribution in [1.82, 2.24) is 5.01 Å². The van der Waals surface area contributed by atoms with Crippen LogP contribution in [0.3, 0.4) is 0 Å². The molecule has 0 radical (unpaired) electrons. The van der Waals surface area contributed by atoms with Gasteiger partial charge in [0.05, 0.1) is 11.8 Å². The summed E-state index contributed by atoms with van der Waals surface area (Å²) in [5, 5.41) is 16.6. The van der Waals surface area contributed by atoms with Crippen LogP contribution in [-0.2, 0) is 9.59 Å². The number of carboxylic acid groups (broad SMARTS) is 1. The van der Waals surface area contributed by atoms with Crippen LogP contribution in [0.5, 0.6) is 0 Å². The summed E-state index contributed by atoms with van der Waals surface area (Å²) in [7, 11) is 0. The summed E-state index contributed by atoms with van der Waals surface area (Å²) >= 11 is 6.82. The number of amides is 1. The Hall–Kier alpha value is -1.99. The molecule has 0 aromatic heterocycles. The summed E-state index contributed by atoms with van der Waals surface area (Å²) < 4.78 is 1.91. The van der Waals surface area contributed by atoms with Gasteiger partial charge in [0.15, 0.2) is 0 Å². The highest BCUT2D eigenvalue weighted by molar-refractivity contribution is 9.10. The highest BCUT2D eigenvalue weighted by atomic mass is 79.9. The molecule has 0 saturated carbocycles. The van der Waals surface area contributed by atoms with Crippen LogP contribution in [0.15, 0.2) is 62.6 Å². The van der Waals surface area contributed by atoms with Crippen molar-refractivity contribution < 1.29 is 14.7 Å². The van der Waals surface area contributed by atoms with E-state index in [1.165, 1.54) is 5.01 Å². The van der Waals surface area contributed by atoms with Crippen LogP contribution in [0.25, 0.3) is 0 Å². The molecule has 1 aliphatic heterocycles. The predicted octanol–water partition coefficient (Wildman–Crippen LogP) is 3.42. The van der Waals surface area contributed by atoms with E-state index in [0.29, 0.717) is 6.42 Å². The van der Waals surface area contributed by atoms with Gasteiger partial charge in [-0.05, 0) is 41.8 Å². The number of halogens is 2. The van der Waals surface area contributed by atoms with Gasteiger partial charge in [-0.1, -0.05) is 56.1 Å². The number of nitrogens with zero attached hydrogens (tertiary/aromatic N) is 2. The number of hydrogen-bond acceptors (Lipinski definition) is 4. The third-order valence-corrected chi connectivity index (χ3v) is 5.20. The molecular weight excluding hydrogens is 464 g/mol. The van der Waals surface area contributed by atoms with Crippen molar-refractivity contribution in [2.45, 2.75) is 25.3 Å². The lowest BCUT2D eigenvalue weighted by Crippen LogP contribution is -2.29. The number of hydrogen-bond donors (Lipinski definition) is 0. The molecule has 0 fully saturated rings. The maximum atomic E-state index is 12.5. The van der Waals surface area contributed by atoms with Gasteiger partial charge in [-0.3, -0.25) is 4.79 Å². The Morgan fingerprint density at radius 2 is 1.58 bits per heavy atom. The summed E-state index contributed by atoms with van der Waals surface area (Å²) in [6.07, 6.45) is 0.123. The van der Waals surface area contributed by atoms with Gasteiger partial charge in [0, 0.05) is 27.8 Å². The number of aliphatic carboxylic acids is 1. The third kappa shape index (κ3) is 4.40. The van der Waals surface area contributed by atoms with Crippen molar-refractivity contribution in [1.29, 1.82) is 0 Å². The first kappa shape index (κ1) is 18.8. The first-order chi connectivity index (χ1) is 12.4. The summed E-state index contributed by atoms with van der Waals surface area (Å²) in [6, 6.07) is 15.2. The predicted molar refractivity (Wildman–Crippen MR) is 103 cm³/mol. The van der Waals surface area contributed by atoms with Gasteiger partial charge < -0.3 is 9.90 Å². The molecule has 5 nitrogen and oxygen atoms in total. The van der Waals surface area contributed by atoms with E-state index in [4.69, 9.17) is 0 Å². The van der Waals surface area contributed by atoms with Crippen LogP contribution < -0.4 is 5.11 Å². The van der Waals surface area contributed by atoms with Crippen molar-refractivity contribution >= 4 is 49.4 Å². The van der Waals surface area contributed by atoms with Crippen molar-refractivity contribution in [2.24, 2.45) is 5.10 Å². The molecule has 0 aliphatic carbocycles. The van der Waals surface area contributed by atoms with E-state index in [-0.39, 0.29) is 24.8 Å². The average Bonchev–Trinajstić information content (AvgIpc) is 3.06. The summed E-state index contributed by atoms with van der Waals surface area (Å²) in [5.41, 5.74) is 2.68. The number of rotatable bonds is 5. The quantitative estimate of drug-likeness (QED) is 0.660. The smallest absolute Gasteiger partial charge is 0.243 e. The molecule has 0 N–H and O–H groups in total. The summed E-state index contributed by atoms with van der Waals surface area (Å²) in [5.74, 6) is -1.57. The van der Waals surface area contributed by atoms with E-state index in [1.807, 2.05) is 48.5 Å². The molecule has 1 amide bonds. The molecule has 2 aromatic carbocycles. The molecule has 1 atom stereocenters. The van der Waals surface area contributed by atoms with Crippen molar-refractivity contribution in [3.8, 4) is 0 Å². The fourth-order valence-corrected chi connectivity index (χ4v) is 3.35. The van der Waals surface area contributed by atoms with Gasteiger partial charge in [0.25, 0.3) is 0 Å². The van der Waals surface area contributed by atoms with Gasteiger partial charge in [-0.15, -0.1) is 0 Å². The molecule has 0 spiro atoms. The molecule has 1 heterocycles. The van der Waals surface area contributed by atoms with Crippen LogP contribution in [0.2, 0.25) is 0 Å². The standard InChI is InChI=1S/C19H16Br2N2O3/c20-14-5-1-12(2-6-14)16-11-17(13-3-7-15(21)8-4-13)23(22-16)18(24)9-10-19(25)26/h1-8,17H,9-11H2,(H,25,26)/p-1/t17-/m0/s1. The molecule has 7 heteroatoms. The Morgan fingerprint density at radius 1 is 1.00 bits per heavy atom. The molecule has 26 heavy (non-hydrogen) atoms. The molecule has 1 aliphatic rings. The largest absolute Gasteiger partial charge is 0.550 e. The first-order valence-electron chi connectivity index (χ1n) is 8.05. The lowest BCUT2D eigenvalue weighted by molar-refractivity contribution is -0.305. The van der Waals surface area contributed by atoms with Crippen molar-refractivity contribution in [3.63, 3.8) is 0 Å². The van der Waals surface area contributed by atoms with Gasteiger partial charge in [0.1, 0.15) is 0 Å². The Balaban J connectivity index is 1.89. The fraction of sp³-hybridized carbons (Fsp3) is 0.211. The molecular formula is C19H15Br2N2O3-. The normalized spacial score (nSPS) is 16.5. The minimum absolute atomic E-state index is 0.132. The Bertz CT molecular complexity index is 848. The number of carbonyl (C=O) groups is 2. The topological polar surface area (TPSA) is 72.8 Å². The minimum atomic E-state index is -1.24. The number of carboxylic acids is 1. The second-order valence-corrected chi connectivity index (χ2v) is 7.77. The van der Waals surface area contributed by atoms with Crippen LogP contribution in [0.4, 0.5) is 0 Å². The molecule has 134 valence electrons. The van der Waals surface area contributed by atoms with E-state index in [2.05, 4.69) is 37.0 Å². The SMILES string of the molecule is O=C([O-])CCC(=O)N1N=C(c2ccc(Br)cc2)C[C@H]1c1ccc(Br)cc1. The fourth-order valence-electron chi connectivity index (χ4n) is 2.83. The highest BCUT2D eigenvalue weighted by Gasteiger charge is 2.32. The summed E-state index contributed by atoms with van der Waals surface area (Å²) in [6.45, 7) is 0. The maximum absolute atomic E-state index is 12.5. The zero-order valence-corrected chi connectivity index (χ0v) is 16.9. The van der Waals surface area contributed by atoms with E-state index in [0.717, 1.165) is 25.8 Å². The zero-order valence-electron chi connectivity index (χ0n) is 13.7. The van der Waals surface area contributed by atoms with E-state index < -0.39 is 5.97 Å². The Labute approximate surface area is 168 Å². The van der Waals surface area contributed by atoms with E-state index in [9.17, 15) is 14.7 Å². The van der Waals surface area contributed by atoms with Crippen LogP contribution in [-0.4, -0.2) is 22.6 Å². The molecule has 0 saturated heterocycles. The number of benzene rings is 2. The molecule has 3 rings (SSSR count). The van der Waals surface area contributed by atoms with Gasteiger partial charge in [0.2, 0.25) is 5.91 Å². The second-order valence-electron chi connectivity index (χ2n) is 5.94. The van der Waals surface area contributed by atoms with E-state index >= 15 is 0 Å². The minimum Gasteiger partial charge on any atom is -0.550 e. The second kappa shape index (κ2) is 8.14. The van der Waals surface area contributed by atoms with E-state index in [1.54, 1.807) is 0 Å². The molecule has 0 unspecified atom stereocenters. The Kier molecular flexibility index (Phi) is 5.88. The number of carbonyl (C=O) groups excluding carboxylic acids is 2. The third-order valence-electron chi connectivity index (χ3n) is 4.14. The van der Waals surface area contributed by atoms with Crippen LogP contribution in [0.1, 0.15) is 36.4 Å². The van der Waals surface area contributed by atoms with Crippen LogP contribution >= 0.6 is 31.9 Å². The van der Waals surface area contributed by atoms with Gasteiger partial charge in [-0.2, -0.15) is 5.10 Å². The van der Waals surface area contributed by atoms with Gasteiger partial charge in [-0.25, -0.2) is 5.01 Å². The van der Waals surface area contributed by atoms with Gasteiger partial charge >= 0.3 is 0 Å². The highest BCUT2D eigenvalue weighted by Crippen LogP contribution is 2.34. The van der Waals surface area contributed by atoms with Crippen molar-refractivity contribution in [2.75, 3.05) is 0 Å². The maximum Gasteiger partial charge on any atom is 0.243 e. The monoisotopic (exact) mass is 477 g/mol. The Morgan fingerprint density at radius 3 is 2.15 bits per heavy atom. The number of hydrazone groups is 1. The average molecular weight is 479 g/mol. The zero-order chi connectivity index (χ0) is 18.7. The molecule has 2 aromatic rings. The lowest BCUT2D eigenvalue weighted by atomic mass is 9.98. The summed E-state index contributed by atoms with van der Waals surface area (Å²) in [4.78, 5) is 23.2. The van der Waals surface area contributed by atoms with Crippen LogP contribution in [0, 0.1) is 0 Å².